The van der Waals surface area contributed by atoms with Gasteiger partial charge >= 0.3 is 0 Å². The molecule has 0 saturated carbocycles. The van der Waals surface area contributed by atoms with Gasteiger partial charge in [-0.15, -0.1) is 0 Å². The number of carbonyl (C=O) groups excluding carboxylic acids is 1. The van der Waals surface area contributed by atoms with Gasteiger partial charge in [0.2, 0.25) is 0 Å². The minimum absolute atomic E-state index is 0.0776. The van der Waals surface area contributed by atoms with E-state index in [2.05, 4.69) is 64.7 Å². The van der Waals surface area contributed by atoms with E-state index in [9.17, 15) is 4.79 Å². The van der Waals surface area contributed by atoms with Crippen molar-refractivity contribution in [1.29, 1.82) is 0 Å². The van der Waals surface area contributed by atoms with Crippen LogP contribution in [0.5, 0.6) is 0 Å². The second-order valence-corrected chi connectivity index (χ2v) is 11.7. The molecule has 0 fully saturated rings. The normalized spacial score (nSPS) is 13.3. The first kappa shape index (κ1) is 29.2. The Morgan fingerprint density at radius 3 is 1.76 bits per heavy atom. The summed E-state index contributed by atoms with van der Waals surface area (Å²) in [4.78, 5) is 12.0. The lowest BCUT2D eigenvalue weighted by Gasteiger charge is -2.45. The van der Waals surface area contributed by atoms with Crippen molar-refractivity contribution in [2.75, 3.05) is 25.7 Å². The van der Waals surface area contributed by atoms with Gasteiger partial charge in [0.1, 0.15) is 0 Å². The average Bonchev–Trinajstić information content (AvgIpc) is 2.58. The third-order valence-electron chi connectivity index (χ3n) is 4.49. The highest BCUT2D eigenvalue weighted by Gasteiger charge is 2.34. The zero-order chi connectivity index (χ0) is 22.8. The molecule has 0 bridgehead atoms. The minimum atomic E-state index is -0.860. The van der Waals surface area contributed by atoms with Crippen LogP contribution in [0, 0.1) is 5.41 Å². The maximum atomic E-state index is 12.0. The second kappa shape index (κ2) is 14.3. The first-order valence-corrected chi connectivity index (χ1v) is 13.0. The van der Waals surface area contributed by atoms with Crippen LogP contribution in [-0.4, -0.2) is 64.3 Å². The monoisotopic (exact) mass is 451 g/mol. The molecule has 0 spiro atoms. The molecule has 0 amide bonds. The summed E-state index contributed by atoms with van der Waals surface area (Å²) in [6.07, 6.45) is 0.807. The van der Waals surface area contributed by atoms with Gasteiger partial charge in [-0.2, -0.15) is 0 Å². The van der Waals surface area contributed by atoms with Crippen molar-refractivity contribution in [3.8, 4) is 0 Å². The fourth-order valence-corrected chi connectivity index (χ4v) is 6.14. The second-order valence-electron chi connectivity index (χ2n) is 9.12. The average molecular weight is 452 g/mol. The zero-order valence-electron chi connectivity index (χ0n) is 20.4. The Kier molecular flexibility index (Phi) is 14.5. The molecule has 0 aromatic heterocycles. The standard InChI is InChI=1S/C21H46N3O3PS/c1-16(2)23(17(3)4)28(24(18(5)6)19(7)8)27-13-11-12-26-15-29-20(25)21(9,10)14-22/h16-19H,11-15,22H2,1-10H3. The van der Waals surface area contributed by atoms with E-state index in [-0.39, 0.29) is 5.12 Å². The van der Waals surface area contributed by atoms with Crippen LogP contribution in [0.1, 0.15) is 75.7 Å². The van der Waals surface area contributed by atoms with E-state index in [0.29, 0.717) is 49.9 Å². The summed E-state index contributed by atoms with van der Waals surface area (Å²) in [5, 5.41) is 0.0776. The fraction of sp³-hybridized carbons (Fsp3) is 0.952. The largest absolute Gasteiger partial charge is 0.370 e. The number of rotatable bonds is 15. The molecule has 0 saturated heterocycles. The highest BCUT2D eigenvalue weighted by atomic mass is 32.2. The quantitative estimate of drug-likeness (QED) is 0.212. The number of nitrogens with zero attached hydrogens (tertiary/aromatic N) is 2. The molecule has 0 unspecified atom stereocenters. The number of nitrogens with two attached hydrogens (primary N) is 1. The lowest BCUT2D eigenvalue weighted by Crippen LogP contribution is -2.43. The summed E-state index contributed by atoms with van der Waals surface area (Å²) in [6, 6.07) is 1.63. The molecule has 174 valence electrons. The Balaban J connectivity index is 4.67. The van der Waals surface area contributed by atoms with Gasteiger partial charge in [-0.1, -0.05) is 25.6 Å². The van der Waals surface area contributed by atoms with Crippen LogP contribution in [0.3, 0.4) is 0 Å². The highest BCUT2D eigenvalue weighted by molar-refractivity contribution is 8.13. The minimum Gasteiger partial charge on any atom is -0.370 e. The molecule has 8 heteroatoms. The summed E-state index contributed by atoms with van der Waals surface area (Å²) in [7, 11) is -0.860. The van der Waals surface area contributed by atoms with E-state index in [1.807, 2.05) is 13.8 Å². The number of hydrogen-bond donors (Lipinski definition) is 1. The third-order valence-corrected chi connectivity index (χ3v) is 8.64. The Labute approximate surface area is 185 Å². The van der Waals surface area contributed by atoms with E-state index < -0.39 is 13.9 Å². The molecule has 0 aliphatic heterocycles. The van der Waals surface area contributed by atoms with Gasteiger partial charge in [0, 0.05) is 42.7 Å². The van der Waals surface area contributed by atoms with Crippen LogP contribution in [-0.2, 0) is 14.1 Å². The van der Waals surface area contributed by atoms with Crippen LogP contribution in [0.15, 0.2) is 0 Å². The van der Waals surface area contributed by atoms with Crippen LogP contribution < -0.4 is 5.73 Å². The van der Waals surface area contributed by atoms with E-state index in [4.69, 9.17) is 15.0 Å². The van der Waals surface area contributed by atoms with Gasteiger partial charge in [-0.3, -0.25) is 4.79 Å². The number of carbonyl (C=O) groups is 1. The predicted molar refractivity (Wildman–Crippen MR) is 128 cm³/mol. The van der Waals surface area contributed by atoms with Crippen molar-refractivity contribution in [2.45, 2.75) is 99.8 Å². The molecule has 2 N–H and O–H groups in total. The molecular weight excluding hydrogens is 405 g/mol. The van der Waals surface area contributed by atoms with Gasteiger partial charge in [-0.05, 0) is 61.8 Å². The van der Waals surface area contributed by atoms with Gasteiger partial charge < -0.3 is 15.0 Å². The summed E-state index contributed by atoms with van der Waals surface area (Å²) >= 11 is 1.20. The molecule has 0 rings (SSSR count). The Morgan fingerprint density at radius 1 is 0.931 bits per heavy atom. The molecule has 0 aliphatic rings. The number of ether oxygens (including phenoxy) is 1. The fourth-order valence-electron chi connectivity index (χ4n) is 2.98. The molecule has 0 heterocycles. The molecule has 29 heavy (non-hydrogen) atoms. The van der Waals surface area contributed by atoms with Crippen LogP contribution in [0.25, 0.3) is 0 Å². The molecule has 0 atom stereocenters. The van der Waals surface area contributed by atoms with Crippen molar-refractivity contribution < 1.29 is 14.1 Å². The van der Waals surface area contributed by atoms with Crippen molar-refractivity contribution >= 4 is 25.3 Å². The van der Waals surface area contributed by atoms with E-state index in [1.54, 1.807) is 0 Å². The van der Waals surface area contributed by atoms with E-state index in [0.717, 1.165) is 6.42 Å². The summed E-state index contributed by atoms with van der Waals surface area (Å²) in [6.45, 7) is 23.2. The van der Waals surface area contributed by atoms with Gasteiger partial charge in [0.15, 0.2) is 13.6 Å². The molecule has 0 aromatic carbocycles. The van der Waals surface area contributed by atoms with E-state index >= 15 is 0 Å². The van der Waals surface area contributed by atoms with Gasteiger partial charge in [0.05, 0.1) is 12.5 Å². The molecule has 0 radical (unpaired) electrons. The van der Waals surface area contributed by atoms with Crippen LogP contribution >= 0.6 is 20.2 Å². The topological polar surface area (TPSA) is 68.0 Å². The van der Waals surface area contributed by atoms with Crippen molar-refractivity contribution in [3.05, 3.63) is 0 Å². The molecule has 0 aliphatic carbocycles. The van der Waals surface area contributed by atoms with Crippen molar-refractivity contribution in [1.82, 2.24) is 9.34 Å². The lowest BCUT2D eigenvalue weighted by molar-refractivity contribution is -0.117. The summed E-state index contributed by atoms with van der Waals surface area (Å²) in [5.74, 6) is 0.366. The molecule has 6 nitrogen and oxygen atoms in total. The SMILES string of the molecule is CC(C)N(C(C)C)P(OCCCOCSC(=O)C(C)(C)CN)N(C(C)C)C(C)C. The van der Waals surface area contributed by atoms with Crippen LogP contribution in [0.2, 0.25) is 0 Å². The Morgan fingerprint density at radius 2 is 1.38 bits per heavy atom. The lowest BCUT2D eigenvalue weighted by atomic mass is 9.96. The Bertz CT molecular complexity index is 426. The number of hydrogen-bond acceptors (Lipinski definition) is 7. The van der Waals surface area contributed by atoms with Crippen LogP contribution in [0.4, 0.5) is 0 Å². The maximum absolute atomic E-state index is 12.0. The smallest absolute Gasteiger partial charge is 0.198 e. The maximum Gasteiger partial charge on any atom is 0.198 e. The first-order chi connectivity index (χ1) is 13.4. The first-order valence-electron chi connectivity index (χ1n) is 10.8. The summed E-state index contributed by atoms with van der Waals surface area (Å²) < 4.78 is 17.1. The van der Waals surface area contributed by atoms with Crippen molar-refractivity contribution in [2.24, 2.45) is 11.1 Å². The number of thioether (sulfide) groups is 1. The Hall–Kier alpha value is 0.250. The predicted octanol–water partition coefficient (Wildman–Crippen LogP) is 5.08. The third kappa shape index (κ3) is 10.4. The van der Waals surface area contributed by atoms with E-state index in [1.165, 1.54) is 11.8 Å². The van der Waals surface area contributed by atoms with Gasteiger partial charge in [0.25, 0.3) is 0 Å². The highest BCUT2D eigenvalue weighted by Crippen LogP contribution is 2.50. The van der Waals surface area contributed by atoms with Crippen molar-refractivity contribution in [3.63, 3.8) is 0 Å². The zero-order valence-corrected chi connectivity index (χ0v) is 22.1. The van der Waals surface area contributed by atoms with Gasteiger partial charge in [-0.25, -0.2) is 9.34 Å². The molecular formula is C21H46N3O3PS. The summed E-state index contributed by atoms with van der Waals surface area (Å²) in [5.41, 5.74) is 5.14. The molecule has 0 aromatic rings.